The fourth-order valence-electron chi connectivity index (χ4n) is 2.38. The third-order valence-electron chi connectivity index (χ3n) is 3.59. The second-order valence-corrected chi connectivity index (χ2v) is 5.32. The molecular formula is C18H22O2. The van der Waals surface area contributed by atoms with Crippen molar-refractivity contribution in [3.05, 3.63) is 58.1 Å². The molecule has 0 saturated heterocycles. The van der Waals surface area contributed by atoms with Crippen LogP contribution in [0.15, 0.2) is 30.3 Å². The molecule has 0 atom stereocenters. The molecule has 0 saturated carbocycles. The molecule has 106 valence electrons. The van der Waals surface area contributed by atoms with Crippen LogP contribution in [0.4, 0.5) is 0 Å². The zero-order valence-electron chi connectivity index (χ0n) is 12.7. The second kappa shape index (κ2) is 6.00. The number of hydrogen-bond acceptors (Lipinski definition) is 2. The van der Waals surface area contributed by atoms with Crippen LogP contribution in [-0.2, 0) is 13.0 Å². The van der Waals surface area contributed by atoms with Crippen molar-refractivity contribution in [1.82, 2.24) is 0 Å². The predicted molar refractivity (Wildman–Crippen MR) is 82.5 cm³/mol. The SMILES string of the molecule is CCc1ccc(OCc2cc(C)c(O)c(C)c2)c(C)c1. The molecule has 2 nitrogen and oxygen atoms in total. The highest BCUT2D eigenvalue weighted by Gasteiger charge is 2.05. The summed E-state index contributed by atoms with van der Waals surface area (Å²) in [6.07, 6.45) is 1.04. The lowest BCUT2D eigenvalue weighted by atomic mass is 10.1. The normalized spacial score (nSPS) is 10.6. The molecule has 1 N–H and O–H groups in total. The van der Waals surface area contributed by atoms with E-state index in [4.69, 9.17) is 4.74 Å². The lowest BCUT2D eigenvalue weighted by Crippen LogP contribution is -1.99. The van der Waals surface area contributed by atoms with Gasteiger partial charge in [0.2, 0.25) is 0 Å². The number of aryl methyl sites for hydroxylation is 4. The monoisotopic (exact) mass is 270 g/mol. The zero-order valence-corrected chi connectivity index (χ0v) is 12.7. The van der Waals surface area contributed by atoms with Crippen molar-refractivity contribution >= 4 is 0 Å². The molecule has 0 aromatic heterocycles. The van der Waals surface area contributed by atoms with Gasteiger partial charge in [0, 0.05) is 0 Å². The number of ether oxygens (including phenoxy) is 1. The first-order valence-corrected chi connectivity index (χ1v) is 7.02. The van der Waals surface area contributed by atoms with Gasteiger partial charge >= 0.3 is 0 Å². The number of rotatable bonds is 4. The van der Waals surface area contributed by atoms with E-state index in [9.17, 15) is 5.11 Å². The van der Waals surface area contributed by atoms with Crippen LogP contribution < -0.4 is 4.74 Å². The Morgan fingerprint density at radius 2 is 1.50 bits per heavy atom. The van der Waals surface area contributed by atoms with Gasteiger partial charge in [0.05, 0.1) is 0 Å². The highest BCUT2D eigenvalue weighted by Crippen LogP contribution is 2.25. The van der Waals surface area contributed by atoms with Gasteiger partial charge in [-0.2, -0.15) is 0 Å². The van der Waals surface area contributed by atoms with E-state index in [1.807, 2.05) is 32.0 Å². The molecule has 0 aliphatic heterocycles. The summed E-state index contributed by atoms with van der Waals surface area (Å²) in [5, 5.41) is 9.78. The van der Waals surface area contributed by atoms with Crippen LogP contribution in [-0.4, -0.2) is 5.11 Å². The van der Waals surface area contributed by atoms with Crippen LogP contribution in [0.1, 0.15) is 34.7 Å². The summed E-state index contributed by atoms with van der Waals surface area (Å²) in [5.41, 5.74) is 5.35. The molecule has 2 rings (SSSR count). The van der Waals surface area contributed by atoms with Crippen molar-refractivity contribution in [2.45, 2.75) is 40.7 Å². The number of phenols is 1. The standard InChI is InChI=1S/C18H22O2/c1-5-15-6-7-17(12(2)8-15)20-11-16-9-13(3)18(19)14(4)10-16/h6-10,19H,5,11H2,1-4H3. The zero-order chi connectivity index (χ0) is 14.7. The Bertz CT molecular complexity index is 592. The van der Waals surface area contributed by atoms with Crippen LogP contribution in [0, 0.1) is 20.8 Å². The number of phenolic OH excluding ortho intramolecular Hbond substituents is 1. The molecular weight excluding hydrogens is 248 g/mol. The minimum absolute atomic E-state index is 0.372. The minimum Gasteiger partial charge on any atom is -0.507 e. The van der Waals surface area contributed by atoms with Crippen LogP contribution in [0.25, 0.3) is 0 Å². The molecule has 0 radical (unpaired) electrons. The maximum Gasteiger partial charge on any atom is 0.122 e. The highest BCUT2D eigenvalue weighted by molar-refractivity contribution is 5.42. The van der Waals surface area contributed by atoms with Gasteiger partial charge in [0.25, 0.3) is 0 Å². The average molecular weight is 270 g/mol. The summed E-state index contributed by atoms with van der Waals surface area (Å²) in [7, 11) is 0. The van der Waals surface area contributed by atoms with E-state index >= 15 is 0 Å². The Morgan fingerprint density at radius 1 is 0.900 bits per heavy atom. The first-order chi connectivity index (χ1) is 9.51. The first-order valence-electron chi connectivity index (χ1n) is 7.02. The number of aromatic hydroxyl groups is 1. The van der Waals surface area contributed by atoms with E-state index in [1.54, 1.807) is 0 Å². The predicted octanol–water partition coefficient (Wildman–Crippen LogP) is 4.46. The maximum atomic E-state index is 9.78. The molecule has 0 unspecified atom stereocenters. The maximum absolute atomic E-state index is 9.78. The summed E-state index contributed by atoms with van der Waals surface area (Å²) in [6.45, 7) is 8.56. The van der Waals surface area contributed by atoms with Gasteiger partial charge in [-0.05, 0) is 73.2 Å². The van der Waals surface area contributed by atoms with Crippen molar-refractivity contribution in [3.63, 3.8) is 0 Å². The largest absolute Gasteiger partial charge is 0.507 e. The van der Waals surface area contributed by atoms with Gasteiger partial charge in [0.15, 0.2) is 0 Å². The quantitative estimate of drug-likeness (QED) is 0.888. The Labute approximate surface area is 121 Å². The van der Waals surface area contributed by atoms with Gasteiger partial charge in [-0.15, -0.1) is 0 Å². The summed E-state index contributed by atoms with van der Waals surface area (Å²) in [5.74, 6) is 1.29. The molecule has 0 spiro atoms. The molecule has 20 heavy (non-hydrogen) atoms. The van der Waals surface area contributed by atoms with E-state index in [-0.39, 0.29) is 0 Å². The Balaban J connectivity index is 2.13. The lowest BCUT2D eigenvalue weighted by Gasteiger charge is -2.12. The smallest absolute Gasteiger partial charge is 0.122 e. The van der Waals surface area contributed by atoms with Crippen molar-refractivity contribution in [1.29, 1.82) is 0 Å². The average Bonchev–Trinajstić information content (AvgIpc) is 2.43. The number of hydrogen-bond donors (Lipinski definition) is 1. The van der Waals surface area contributed by atoms with Crippen molar-refractivity contribution in [2.75, 3.05) is 0 Å². The second-order valence-electron chi connectivity index (χ2n) is 5.32. The highest BCUT2D eigenvalue weighted by atomic mass is 16.5. The van der Waals surface area contributed by atoms with Crippen molar-refractivity contribution < 1.29 is 9.84 Å². The molecule has 0 fully saturated rings. The minimum atomic E-state index is 0.372. The summed E-state index contributed by atoms with van der Waals surface area (Å²) >= 11 is 0. The molecule has 0 amide bonds. The van der Waals surface area contributed by atoms with Crippen LogP contribution in [0.2, 0.25) is 0 Å². The van der Waals surface area contributed by atoms with Crippen LogP contribution >= 0.6 is 0 Å². The molecule has 2 heteroatoms. The molecule has 0 aliphatic rings. The van der Waals surface area contributed by atoms with Crippen LogP contribution in [0.5, 0.6) is 11.5 Å². The fourth-order valence-corrected chi connectivity index (χ4v) is 2.38. The summed E-state index contributed by atoms with van der Waals surface area (Å²) in [6, 6.07) is 10.3. The topological polar surface area (TPSA) is 29.5 Å². The van der Waals surface area contributed by atoms with E-state index in [1.165, 1.54) is 5.56 Å². The van der Waals surface area contributed by atoms with Gasteiger partial charge in [-0.25, -0.2) is 0 Å². The van der Waals surface area contributed by atoms with E-state index in [0.29, 0.717) is 12.4 Å². The summed E-state index contributed by atoms with van der Waals surface area (Å²) in [4.78, 5) is 0. The van der Waals surface area contributed by atoms with Crippen molar-refractivity contribution in [2.24, 2.45) is 0 Å². The third-order valence-corrected chi connectivity index (χ3v) is 3.59. The lowest BCUT2D eigenvalue weighted by molar-refractivity contribution is 0.303. The van der Waals surface area contributed by atoms with Gasteiger partial charge in [-0.1, -0.05) is 19.1 Å². The summed E-state index contributed by atoms with van der Waals surface area (Å²) < 4.78 is 5.89. The van der Waals surface area contributed by atoms with E-state index in [0.717, 1.165) is 34.4 Å². The van der Waals surface area contributed by atoms with E-state index < -0.39 is 0 Å². The number of benzene rings is 2. The molecule has 0 bridgehead atoms. The Kier molecular flexibility index (Phi) is 4.33. The van der Waals surface area contributed by atoms with Crippen molar-refractivity contribution in [3.8, 4) is 11.5 Å². The molecule has 2 aromatic carbocycles. The Hall–Kier alpha value is -1.96. The van der Waals surface area contributed by atoms with E-state index in [2.05, 4.69) is 26.0 Å². The molecule has 0 aliphatic carbocycles. The molecule has 2 aromatic rings. The fraction of sp³-hybridized carbons (Fsp3) is 0.333. The third kappa shape index (κ3) is 3.13. The van der Waals surface area contributed by atoms with Crippen LogP contribution in [0.3, 0.4) is 0 Å². The van der Waals surface area contributed by atoms with Gasteiger partial charge in [0.1, 0.15) is 18.1 Å². The van der Waals surface area contributed by atoms with Gasteiger partial charge < -0.3 is 9.84 Å². The molecule has 0 heterocycles. The Morgan fingerprint density at radius 3 is 2.05 bits per heavy atom. The van der Waals surface area contributed by atoms with Gasteiger partial charge in [-0.3, -0.25) is 0 Å². The first kappa shape index (κ1) is 14.4.